The van der Waals surface area contributed by atoms with Crippen molar-refractivity contribution < 1.29 is 0 Å². The molecule has 0 amide bonds. The third-order valence-corrected chi connectivity index (χ3v) is 3.69. The summed E-state index contributed by atoms with van der Waals surface area (Å²) < 4.78 is 1.57. The summed E-state index contributed by atoms with van der Waals surface area (Å²) in [5.41, 5.74) is 3.29. The maximum Gasteiger partial charge on any atom is 0.227 e. The van der Waals surface area contributed by atoms with E-state index in [1.807, 2.05) is 42.5 Å². The van der Waals surface area contributed by atoms with Crippen molar-refractivity contribution in [3.05, 3.63) is 66.1 Å². The van der Waals surface area contributed by atoms with Gasteiger partial charge in [-0.15, -0.1) is 0 Å². The fourth-order valence-corrected chi connectivity index (χ4v) is 2.47. The number of nitrogens with one attached hydrogen (secondary N) is 1. The molecule has 6 nitrogen and oxygen atoms in total. The molecule has 0 spiro atoms. The van der Waals surface area contributed by atoms with Crippen LogP contribution in [-0.4, -0.2) is 24.8 Å². The van der Waals surface area contributed by atoms with E-state index in [1.54, 1.807) is 23.2 Å². The van der Waals surface area contributed by atoms with E-state index in [0.29, 0.717) is 11.0 Å². The summed E-state index contributed by atoms with van der Waals surface area (Å²) in [7, 11) is 0. The van der Waals surface area contributed by atoms with Crippen LogP contribution in [0.3, 0.4) is 0 Å². The SMILES string of the molecule is Clc1ccccc1Nc1nccc(-c2cnn3ncccc23)n1. The number of aromatic nitrogens is 5. The number of benzene rings is 1. The van der Waals surface area contributed by atoms with Crippen molar-refractivity contribution in [2.75, 3.05) is 5.32 Å². The lowest BCUT2D eigenvalue weighted by Crippen LogP contribution is -1.98. The van der Waals surface area contributed by atoms with Crippen LogP contribution in [0.2, 0.25) is 5.02 Å². The zero-order valence-electron chi connectivity index (χ0n) is 11.9. The molecule has 0 saturated carbocycles. The molecule has 0 bridgehead atoms. The van der Waals surface area contributed by atoms with Gasteiger partial charge in [0.2, 0.25) is 5.95 Å². The number of hydrogen-bond donors (Lipinski definition) is 1. The van der Waals surface area contributed by atoms with Crippen molar-refractivity contribution in [3.63, 3.8) is 0 Å². The highest BCUT2D eigenvalue weighted by Crippen LogP contribution is 2.26. The minimum atomic E-state index is 0.471. The number of hydrogen-bond acceptors (Lipinski definition) is 5. The maximum absolute atomic E-state index is 6.15. The number of para-hydroxylation sites is 1. The van der Waals surface area contributed by atoms with E-state index in [2.05, 4.69) is 25.5 Å². The summed E-state index contributed by atoms with van der Waals surface area (Å²) in [4.78, 5) is 8.78. The summed E-state index contributed by atoms with van der Waals surface area (Å²) >= 11 is 6.15. The Morgan fingerprint density at radius 1 is 0.957 bits per heavy atom. The lowest BCUT2D eigenvalue weighted by molar-refractivity contribution is 0.800. The van der Waals surface area contributed by atoms with Gasteiger partial charge < -0.3 is 5.32 Å². The molecule has 3 heterocycles. The molecule has 0 atom stereocenters. The van der Waals surface area contributed by atoms with Crippen LogP contribution in [0.5, 0.6) is 0 Å². The first-order chi connectivity index (χ1) is 11.3. The van der Waals surface area contributed by atoms with Crippen LogP contribution in [0, 0.1) is 0 Å². The molecule has 0 aliphatic rings. The van der Waals surface area contributed by atoms with Gasteiger partial charge in [-0.3, -0.25) is 0 Å². The molecule has 1 aromatic carbocycles. The smallest absolute Gasteiger partial charge is 0.227 e. The van der Waals surface area contributed by atoms with Gasteiger partial charge in [-0.1, -0.05) is 23.7 Å². The van der Waals surface area contributed by atoms with E-state index in [9.17, 15) is 0 Å². The summed E-state index contributed by atoms with van der Waals surface area (Å²) in [6, 6.07) is 13.1. The van der Waals surface area contributed by atoms with Crippen LogP contribution in [0.15, 0.2) is 61.1 Å². The molecule has 4 rings (SSSR count). The van der Waals surface area contributed by atoms with Crippen molar-refractivity contribution in [1.82, 2.24) is 24.8 Å². The fraction of sp³-hybridized carbons (Fsp3) is 0. The number of rotatable bonds is 3. The standard InChI is InChI=1S/C16H11ClN6/c17-12-4-1-2-5-14(12)22-16-18-9-7-13(21-16)11-10-20-23-15(11)6-3-8-19-23/h1-10H,(H,18,21,22). The molecule has 1 N–H and O–H groups in total. The largest absolute Gasteiger partial charge is 0.323 e. The molecular weight excluding hydrogens is 312 g/mol. The fourth-order valence-electron chi connectivity index (χ4n) is 2.28. The topological polar surface area (TPSA) is 68.0 Å². The minimum Gasteiger partial charge on any atom is -0.323 e. The molecule has 4 aromatic rings. The first kappa shape index (κ1) is 13.7. The molecule has 0 radical (unpaired) electrons. The third kappa shape index (κ3) is 2.60. The average Bonchev–Trinajstić information content (AvgIpc) is 3.01. The van der Waals surface area contributed by atoms with Crippen LogP contribution in [0.1, 0.15) is 0 Å². The Bertz CT molecular complexity index is 981. The minimum absolute atomic E-state index is 0.471. The Morgan fingerprint density at radius 3 is 2.78 bits per heavy atom. The zero-order valence-corrected chi connectivity index (χ0v) is 12.6. The number of fused-ring (bicyclic) bond motifs is 1. The average molecular weight is 323 g/mol. The first-order valence-corrected chi connectivity index (χ1v) is 7.33. The van der Waals surface area contributed by atoms with Crippen molar-refractivity contribution in [1.29, 1.82) is 0 Å². The molecule has 0 aliphatic heterocycles. The normalized spacial score (nSPS) is 10.8. The number of anilines is 2. The predicted molar refractivity (Wildman–Crippen MR) is 88.7 cm³/mol. The van der Waals surface area contributed by atoms with Crippen molar-refractivity contribution in [2.45, 2.75) is 0 Å². The van der Waals surface area contributed by atoms with Gasteiger partial charge in [0, 0.05) is 18.0 Å². The van der Waals surface area contributed by atoms with Crippen LogP contribution >= 0.6 is 11.6 Å². The Balaban J connectivity index is 1.73. The van der Waals surface area contributed by atoms with E-state index in [1.165, 1.54) is 0 Å². The lowest BCUT2D eigenvalue weighted by atomic mass is 10.2. The monoisotopic (exact) mass is 322 g/mol. The molecule has 112 valence electrons. The van der Waals surface area contributed by atoms with E-state index >= 15 is 0 Å². The Hall–Kier alpha value is -2.99. The van der Waals surface area contributed by atoms with Crippen molar-refractivity contribution >= 4 is 28.8 Å². The second-order valence-electron chi connectivity index (χ2n) is 4.83. The Kier molecular flexibility index (Phi) is 3.36. The summed E-state index contributed by atoms with van der Waals surface area (Å²) in [5, 5.41) is 12.1. The molecule has 0 aliphatic carbocycles. The van der Waals surface area contributed by atoms with Gasteiger partial charge in [-0.2, -0.15) is 14.8 Å². The molecule has 0 unspecified atom stereocenters. The second-order valence-corrected chi connectivity index (χ2v) is 5.23. The number of nitrogens with zero attached hydrogens (tertiary/aromatic N) is 5. The first-order valence-electron chi connectivity index (χ1n) is 6.95. The van der Waals surface area contributed by atoms with E-state index in [-0.39, 0.29) is 0 Å². The van der Waals surface area contributed by atoms with Gasteiger partial charge in [0.1, 0.15) is 0 Å². The molecule has 23 heavy (non-hydrogen) atoms. The van der Waals surface area contributed by atoms with Gasteiger partial charge >= 0.3 is 0 Å². The summed E-state index contributed by atoms with van der Waals surface area (Å²) in [6.07, 6.45) is 5.12. The zero-order chi connectivity index (χ0) is 15.6. The third-order valence-electron chi connectivity index (χ3n) is 3.36. The van der Waals surface area contributed by atoms with Crippen LogP contribution in [0.25, 0.3) is 16.8 Å². The predicted octanol–water partition coefficient (Wildman–Crippen LogP) is 3.58. The van der Waals surface area contributed by atoms with Gasteiger partial charge in [0.05, 0.1) is 28.1 Å². The Labute approximate surface area is 136 Å². The van der Waals surface area contributed by atoms with Gasteiger partial charge in [-0.25, -0.2) is 9.97 Å². The molecule has 3 aromatic heterocycles. The second kappa shape index (κ2) is 5.66. The highest BCUT2D eigenvalue weighted by Gasteiger charge is 2.10. The van der Waals surface area contributed by atoms with Crippen molar-refractivity contribution in [2.24, 2.45) is 0 Å². The van der Waals surface area contributed by atoms with Crippen LogP contribution < -0.4 is 5.32 Å². The van der Waals surface area contributed by atoms with Crippen LogP contribution in [-0.2, 0) is 0 Å². The molecule has 0 saturated heterocycles. The Morgan fingerprint density at radius 2 is 1.87 bits per heavy atom. The number of halogens is 1. The molecular formula is C16H11ClN6. The summed E-state index contributed by atoms with van der Waals surface area (Å²) in [5.74, 6) is 0.471. The quantitative estimate of drug-likeness (QED) is 0.624. The van der Waals surface area contributed by atoms with E-state index in [4.69, 9.17) is 11.6 Å². The van der Waals surface area contributed by atoms with Crippen molar-refractivity contribution in [3.8, 4) is 11.3 Å². The molecule has 0 fully saturated rings. The van der Waals surface area contributed by atoms with Gasteiger partial charge in [0.25, 0.3) is 0 Å². The van der Waals surface area contributed by atoms with E-state index in [0.717, 1.165) is 22.5 Å². The lowest BCUT2D eigenvalue weighted by Gasteiger charge is -2.07. The maximum atomic E-state index is 6.15. The van der Waals surface area contributed by atoms with Crippen LogP contribution in [0.4, 0.5) is 11.6 Å². The summed E-state index contributed by atoms with van der Waals surface area (Å²) in [6.45, 7) is 0. The highest BCUT2D eigenvalue weighted by molar-refractivity contribution is 6.33. The molecule has 7 heteroatoms. The van der Waals surface area contributed by atoms with Gasteiger partial charge in [-0.05, 0) is 30.3 Å². The van der Waals surface area contributed by atoms with Gasteiger partial charge in [0.15, 0.2) is 0 Å². The van der Waals surface area contributed by atoms with E-state index < -0.39 is 0 Å². The highest BCUT2D eigenvalue weighted by atomic mass is 35.5.